The average Bonchev–Trinajstić information content (AvgIpc) is 2.38. The number of benzene rings is 1. The van der Waals surface area contributed by atoms with Gasteiger partial charge in [-0.2, -0.15) is 0 Å². The summed E-state index contributed by atoms with van der Waals surface area (Å²) in [5.41, 5.74) is 0.951. The lowest BCUT2D eigenvalue weighted by Crippen LogP contribution is -2.32. The van der Waals surface area contributed by atoms with E-state index >= 15 is 0 Å². The van der Waals surface area contributed by atoms with E-state index in [-0.39, 0.29) is 5.46 Å². The summed E-state index contributed by atoms with van der Waals surface area (Å²) >= 11 is 0. The zero-order valence-corrected chi connectivity index (χ0v) is 10.8. The smallest absolute Gasteiger partial charge is 0.423 e. The third-order valence-electron chi connectivity index (χ3n) is 4.20. The summed E-state index contributed by atoms with van der Waals surface area (Å²) < 4.78 is 13.7. The van der Waals surface area contributed by atoms with Crippen LogP contribution in [-0.2, 0) is 0 Å². The van der Waals surface area contributed by atoms with Crippen molar-refractivity contribution in [2.45, 2.75) is 44.9 Å². The molecule has 0 spiro atoms. The number of hydrogen-bond acceptors (Lipinski definition) is 2. The highest BCUT2D eigenvalue weighted by atomic mass is 19.1. The summed E-state index contributed by atoms with van der Waals surface area (Å²) in [4.78, 5) is 0. The minimum absolute atomic E-state index is 0.0407. The molecule has 1 aliphatic carbocycles. The van der Waals surface area contributed by atoms with Crippen LogP contribution in [0.25, 0.3) is 0 Å². The van der Waals surface area contributed by atoms with E-state index in [2.05, 4.69) is 6.92 Å². The van der Waals surface area contributed by atoms with Gasteiger partial charge >= 0.3 is 7.12 Å². The summed E-state index contributed by atoms with van der Waals surface area (Å²) in [5, 5.41) is 18.0. The van der Waals surface area contributed by atoms with Gasteiger partial charge in [0, 0.05) is 5.46 Å². The first-order valence-corrected chi connectivity index (χ1v) is 6.77. The van der Waals surface area contributed by atoms with Crippen LogP contribution < -0.4 is 5.46 Å². The molecule has 0 saturated heterocycles. The van der Waals surface area contributed by atoms with Gasteiger partial charge in [-0.3, -0.25) is 0 Å². The van der Waals surface area contributed by atoms with Crippen molar-refractivity contribution >= 4 is 12.6 Å². The molecule has 0 unspecified atom stereocenters. The van der Waals surface area contributed by atoms with E-state index in [1.165, 1.54) is 31.4 Å². The summed E-state index contributed by atoms with van der Waals surface area (Å²) in [6, 6.07) is 4.78. The van der Waals surface area contributed by atoms with Gasteiger partial charge in [-0.25, -0.2) is 4.39 Å². The molecule has 1 aromatic carbocycles. The minimum atomic E-state index is -1.73. The molecule has 1 fully saturated rings. The van der Waals surface area contributed by atoms with Gasteiger partial charge in [0.15, 0.2) is 0 Å². The van der Waals surface area contributed by atoms with E-state index in [1.54, 1.807) is 0 Å². The van der Waals surface area contributed by atoms with Crippen molar-refractivity contribution < 1.29 is 14.4 Å². The molecule has 1 aliphatic rings. The van der Waals surface area contributed by atoms with Gasteiger partial charge in [-0.15, -0.1) is 0 Å². The molecule has 2 nitrogen and oxygen atoms in total. The molecule has 0 radical (unpaired) electrons. The Bertz CT molecular complexity index is 401. The molecule has 2 rings (SSSR count). The van der Waals surface area contributed by atoms with E-state index in [1.807, 2.05) is 6.07 Å². The number of rotatable bonds is 3. The molecule has 2 N–H and O–H groups in total. The fourth-order valence-electron chi connectivity index (χ4n) is 2.91. The predicted octanol–water partition coefficient (Wildman–Crippen LogP) is 2.19. The van der Waals surface area contributed by atoms with Crippen LogP contribution in [0.1, 0.15) is 50.5 Å². The standard InChI is InChI=1S/C14H20BFO2/c1-2-10-3-5-11(6-4-10)12-7-8-13(15(17)18)14(16)9-12/h7-11,17-18H,2-6H2,1H3. The molecule has 18 heavy (non-hydrogen) atoms. The van der Waals surface area contributed by atoms with Gasteiger partial charge in [-0.1, -0.05) is 25.5 Å². The zero-order valence-electron chi connectivity index (χ0n) is 10.8. The lowest BCUT2D eigenvalue weighted by Gasteiger charge is -2.28. The van der Waals surface area contributed by atoms with Gasteiger partial charge in [0.05, 0.1) is 0 Å². The third kappa shape index (κ3) is 2.93. The largest absolute Gasteiger partial charge is 0.491 e. The van der Waals surface area contributed by atoms with Crippen molar-refractivity contribution in [3.8, 4) is 0 Å². The van der Waals surface area contributed by atoms with Crippen LogP contribution in [0.4, 0.5) is 4.39 Å². The maximum absolute atomic E-state index is 13.7. The normalized spacial score (nSPS) is 24.0. The Kier molecular flexibility index (Phi) is 4.41. The van der Waals surface area contributed by atoms with Crippen LogP contribution >= 0.6 is 0 Å². The Morgan fingerprint density at radius 1 is 1.22 bits per heavy atom. The van der Waals surface area contributed by atoms with Crippen molar-refractivity contribution in [1.82, 2.24) is 0 Å². The minimum Gasteiger partial charge on any atom is -0.423 e. The maximum Gasteiger partial charge on any atom is 0.491 e. The summed E-state index contributed by atoms with van der Waals surface area (Å²) in [6.45, 7) is 2.22. The van der Waals surface area contributed by atoms with E-state index in [0.717, 1.165) is 24.3 Å². The van der Waals surface area contributed by atoms with E-state index < -0.39 is 12.9 Å². The molecule has 0 aromatic heterocycles. The first kappa shape index (κ1) is 13.6. The topological polar surface area (TPSA) is 40.5 Å². The molecular weight excluding hydrogens is 230 g/mol. The lowest BCUT2D eigenvalue weighted by molar-refractivity contribution is 0.318. The Morgan fingerprint density at radius 3 is 2.39 bits per heavy atom. The van der Waals surface area contributed by atoms with Crippen molar-refractivity contribution in [3.63, 3.8) is 0 Å². The van der Waals surface area contributed by atoms with Gasteiger partial charge < -0.3 is 10.0 Å². The van der Waals surface area contributed by atoms with E-state index in [9.17, 15) is 4.39 Å². The van der Waals surface area contributed by atoms with Crippen molar-refractivity contribution in [2.24, 2.45) is 5.92 Å². The highest BCUT2D eigenvalue weighted by Crippen LogP contribution is 2.36. The Balaban J connectivity index is 2.08. The van der Waals surface area contributed by atoms with Crippen LogP contribution in [-0.4, -0.2) is 17.2 Å². The fourth-order valence-corrected chi connectivity index (χ4v) is 2.91. The first-order valence-electron chi connectivity index (χ1n) is 6.77. The molecular formula is C14H20BFO2. The molecule has 0 aliphatic heterocycles. The van der Waals surface area contributed by atoms with Crippen LogP contribution in [0, 0.1) is 11.7 Å². The van der Waals surface area contributed by atoms with Gasteiger partial charge in [0.2, 0.25) is 0 Å². The summed E-state index contributed by atoms with van der Waals surface area (Å²) in [5.74, 6) is 0.733. The maximum atomic E-state index is 13.7. The monoisotopic (exact) mass is 250 g/mol. The number of hydrogen-bond donors (Lipinski definition) is 2. The van der Waals surface area contributed by atoms with E-state index in [4.69, 9.17) is 10.0 Å². The van der Waals surface area contributed by atoms with Crippen molar-refractivity contribution in [2.75, 3.05) is 0 Å². The van der Waals surface area contributed by atoms with Crippen LogP contribution in [0.2, 0.25) is 0 Å². The van der Waals surface area contributed by atoms with Crippen LogP contribution in [0.3, 0.4) is 0 Å². The molecule has 0 bridgehead atoms. The van der Waals surface area contributed by atoms with Gasteiger partial charge in [-0.05, 0) is 49.1 Å². The fraction of sp³-hybridized carbons (Fsp3) is 0.571. The molecule has 0 amide bonds. The number of halogens is 1. The Labute approximate surface area is 108 Å². The van der Waals surface area contributed by atoms with E-state index in [0.29, 0.717) is 5.92 Å². The summed E-state index contributed by atoms with van der Waals surface area (Å²) in [6.07, 6.45) is 5.88. The quantitative estimate of drug-likeness (QED) is 0.807. The Morgan fingerprint density at radius 2 is 1.89 bits per heavy atom. The van der Waals surface area contributed by atoms with Gasteiger partial charge in [0.25, 0.3) is 0 Å². The molecule has 1 aromatic rings. The Hall–Kier alpha value is -0.865. The molecule has 4 heteroatoms. The molecule has 98 valence electrons. The molecule has 0 heterocycles. The van der Waals surface area contributed by atoms with Crippen LogP contribution in [0.5, 0.6) is 0 Å². The zero-order chi connectivity index (χ0) is 13.1. The van der Waals surface area contributed by atoms with Crippen molar-refractivity contribution in [3.05, 3.63) is 29.6 Å². The predicted molar refractivity (Wildman–Crippen MR) is 71.2 cm³/mol. The second kappa shape index (κ2) is 5.85. The first-order chi connectivity index (χ1) is 8.61. The second-order valence-corrected chi connectivity index (χ2v) is 5.28. The molecule has 0 atom stereocenters. The summed E-state index contributed by atoms with van der Waals surface area (Å²) in [7, 11) is -1.73. The van der Waals surface area contributed by atoms with Crippen LogP contribution in [0.15, 0.2) is 18.2 Å². The average molecular weight is 250 g/mol. The molecule has 1 saturated carbocycles. The second-order valence-electron chi connectivity index (χ2n) is 5.28. The lowest BCUT2D eigenvalue weighted by atomic mass is 9.75. The SMILES string of the molecule is CCC1CCC(c2ccc(B(O)O)c(F)c2)CC1. The highest BCUT2D eigenvalue weighted by Gasteiger charge is 2.23. The third-order valence-corrected chi connectivity index (χ3v) is 4.20. The van der Waals surface area contributed by atoms with Crippen molar-refractivity contribution in [1.29, 1.82) is 0 Å². The van der Waals surface area contributed by atoms with Gasteiger partial charge in [0.1, 0.15) is 5.82 Å². The highest BCUT2D eigenvalue weighted by molar-refractivity contribution is 6.58.